The molecule has 0 aliphatic rings. The van der Waals surface area contributed by atoms with E-state index in [1.54, 1.807) is 19.1 Å². The second kappa shape index (κ2) is 10.2. The molecule has 0 fully saturated rings. The molecule has 0 aromatic heterocycles. The number of halogens is 1. The molecule has 0 aliphatic carbocycles. The lowest BCUT2D eigenvalue weighted by atomic mass is 10.1. The van der Waals surface area contributed by atoms with E-state index in [9.17, 15) is 18.0 Å². The molecule has 9 heteroatoms. The molecule has 0 bridgehead atoms. The van der Waals surface area contributed by atoms with Gasteiger partial charge in [0.05, 0.1) is 11.4 Å². The van der Waals surface area contributed by atoms with Crippen molar-refractivity contribution >= 4 is 37.8 Å². The fourth-order valence-electron chi connectivity index (χ4n) is 2.83. The van der Waals surface area contributed by atoms with E-state index >= 15 is 0 Å². The summed E-state index contributed by atoms with van der Waals surface area (Å²) in [6.07, 6.45) is 0. The number of nitrogens with zero attached hydrogens (tertiary/aromatic N) is 2. The quantitative estimate of drug-likeness (QED) is 0.609. The van der Waals surface area contributed by atoms with Crippen molar-refractivity contribution in [2.75, 3.05) is 20.6 Å². The third-order valence-corrected chi connectivity index (χ3v) is 7.11. The van der Waals surface area contributed by atoms with Crippen LogP contribution in [0.4, 0.5) is 0 Å². The fourth-order valence-corrected chi connectivity index (χ4v) is 4.22. The van der Waals surface area contributed by atoms with Crippen molar-refractivity contribution in [2.45, 2.75) is 31.3 Å². The van der Waals surface area contributed by atoms with Crippen LogP contribution in [0.5, 0.6) is 0 Å². The van der Waals surface area contributed by atoms with Gasteiger partial charge in [-0.25, -0.2) is 8.42 Å². The molecule has 0 aliphatic heterocycles. The highest BCUT2D eigenvalue weighted by molar-refractivity contribution is 9.10. The van der Waals surface area contributed by atoms with E-state index in [0.29, 0.717) is 0 Å². The van der Waals surface area contributed by atoms with Gasteiger partial charge in [-0.3, -0.25) is 9.59 Å². The predicted octanol–water partition coefficient (Wildman–Crippen LogP) is 2.54. The standard InChI is InChI=1S/C21H26BrN3O4S/c1-15-5-11-19(12-6-15)30(28,29)24(4)14-20(26)25(16(2)21(27)23-3)13-17-7-9-18(22)10-8-17/h5-12,16H,13-14H2,1-4H3,(H,23,27)/t16-/m1/s1. The number of hydrogen-bond donors (Lipinski definition) is 1. The van der Waals surface area contributed by atoms with Crippen LogP contribution in [0.1, 0.15) is 18.1 Å². The van der Waals surface area contributed by atoms with Crippen LogP contribution in [0.3, 0.4) is 0 Å². The molecule has 0 spiro atoms. The van der Waals surface area contributed by atoms with Crippen LogP contribution >= 0.6 is 15.9 Å². The highest BCUT2D eigenvalue weighted by Gasteiger charge is 2.29. The number of benzene rings is 2. The molecule has 7 nitrogen and oxygen atoms in total. The summed E-state index contributed by atoms with van der Waals surface area (Å²) in [7, 11) is -0.983. The number of sulfonamides is 1. The summed E-state index contributed by atoms with van der Waals surface area (Å²) in [5.74, 6) is -0.795. The maximum atomic E-state index is 13.0. The Bertz CT molecular complexity index is 992. The number of nitrogens with one attached hydrogen (secondary N) is 1. The topological polar surface area (TPSA) is 86.8 Å². The average Bonchev–Trinajstić information content (AvgIpc) is 2.72. The zero-order chi connectivity index (χ0) is 22.5. The van der Waals surface area contributed by atoms with Crippen LogP contribution in [0.15, 0.2) is 57.9 Å². The van der Waals surface area contributed by atoms with Crippen molar-refractivity contribution in [1.82, 2.24) is 14.5 Å². The monoisotopic (exact) mass is 495 g/mol. The van der Waals surface area contributed by atoms with Crippen molar-refractivity contribution in [2.24, 2.45) is 0 Å². The zero-order valence-corrected chi connectivity index (χ0v) is 19.8. The van der Waals surface area contributed by atoms with Crippen molar-refractivity contribution in [3.8, 4) is 0 Å². The molecule has 0 unspecified atom stereocenters. The van der Waals surface area contributed by atoms with Gasteiger partial charge in [0.15, 0.2) is 0 Å². The number of likely N-dealkylation sites (N-methyl/N-ethyl adjacent to an activating group) is 2. The highest BCUT2D eigenvalue weighted by Crippen LogP contribution is 2.17. The smallest absolute Gasteiger partial charge is 0.243 e. The summed E-state index contributed by atoms with van der Waals surface area (Å²) in [4.78, 5) is 26.7. The van der Waals surface area contributed by atoms with E-state index in [2.05, 4.69) is 21.2 Å². The minimum atomic E-state index is -3.84. The number of carbonyl (C=O) groups excluding carboxylic acids is 2. The highest BCUT2D eigenvalue weighted by atomic mass is 79.9. The molecular weight excluding hydrogens is 470 g/mol. The second-order valence-electron chi connectivity index (χ2n) is 7.01. The van der Waals surface area contributed by atoms with Gasteiger partial charge in [0, 0.05) is 25.1 Å². The van der Waals surface area contributed by atoms with Crippen molar-refractivity contribution in [1.29, 1.82) is 0 Å². The summed E-state index contributed by atoms with van der Waals surface area (Å²) in [6.45, 7) is 3.28. The summed E-state index contributed by atoms with van der Waals surface area (Å²) in [5.41, 5.74) is 1.76. The normalized spacial score (nSPS) is 12.5. The summed E-state index contributed by atoms with van der Waals surface area (Å²) in [5, 5.41) is 2.54. The molecule has 0 saturated carbocycles. The van der Waals surface area contributed by atoms with Crippen molar-refractivity contribution in [3.63, 3.8) is 0 Å². The molecule has 2 aromatic carbocycles. The van der Waals surface area contributed by atoms with E-state index in [4.69, 9.17) is 0 Å². The van der Waals surface area contributed by atoms with Gasteiger partial charge in [0.2, 0.25) is 21.8 Å². The molecule has 2 rings (SSSR count). The van der Waals surface area contributed by atoms with Gasteiger partial charge in [0.1, 0.15) is 6.04 Å². The molecule has 0 heterocycles. The van der Waals surface area contributed by atoms with Crippen LogP contribution < -0.4 is 5.32 Å². The Morgan fingerprint density at radius 1 is 1.07 bits per heavy atom. The first-order valence-corrected chi connectivity index (χ1v) is 11.6. The number of rotatable bonds is 8. The van der Waals surface area contributed by atoms with Gasteiger partial charge >= 0.3 is 0 Å². The van der Waals surface area contributed by atoms with E-state index in [1.807, 2.05) is 31.2 Å². The lowest BCUT2D eigenvalue weighted by Crippen LogP contribution is -2.50. The Labute approximate surface area is 186 Å². The summed E-state index contributed by atoms with van der Waals surface area (Å²) < 4.78 is 27.6. The first kappa shape index (κ1) is 24.0. The molecule has 1 atom stereocenters. The summed E-state index contributed by atoms with van der Waals surface area (Å²) >= 11 is 3.37. The number of amides is 2. The van der Waals surface area contributed by atoms with E-state index in [1.165, 1.54) is 31.1 Å². The Kier molecular flexibility index (Phi) is 8.17. The molecule has 0 radical (unpaired) electrons. The maximum Gasteiger partial charge on any atom is 0.243 e. The van der Waals surface area contributed by atoms with Gasteiger partial charge in [-0.15, -0.1) is 0 Å². The molecule has 2 aromatic rings. The molecule has 1 N–H and O–H groups in total. The lowest BCUT2D eigenvalue weighted by molar-refractivity contribution is -0.140. The molecule has 0 saturated heterocycles. The van der Waals surface area contributed by atoms with Crippen LogP contribution in [-0.2, 0) is 26.2 Å². The van der Waals surface area contributed by atoms with Gasteiger partial charge in [0.25, 0.3) is 0 Å². The largest absolute Gasteiger partial charge is 0.357 e. The van der Waals surface area contributed by atoms with Gasteiger partial charge in [-0.2, -0.15) is 4.31 Å². The van der Waals surface area contributed by atoms with Crippen LogP contribution in [-0.4, -0.2) is 56.1 Å². The van der Waals surface area contributed by atoms with Crippen molar-refractivity contribution in [3.05, 3.63) is 64.1 Å². The first-order valence-electron chi connectivity index (χ1n) is 9.34. The summed E-state index contributed by atoms with van der Waals surface area (Å²) in [6, 6.07) is 13.0. The SMILES string of the molecule is CNC(=O)[C@@H](C)N(Cc1ccc(Br)cc1)C(=O)CN(C)S(=O)(=O)c1ccc(C)cc1. The lowest BCUT2D eigenvalue weighted by Gasteiger charge is -2.30. The van der Waals surface area contributed by atoms with Crippen LogP contribution in [0.25, 0.3) is 0 Å². The van der Waals surface area contributed by atoms with E-state index < -0.39 is 22.0 Å². The second-order valence-corrected chi connectivity index (χ2v) is 9.97. The fraction of sp³-hybridized carbons (Fsp3) is 0.333. The molecule has 162 valence electrons. The van der Waals surface area contributed by atoms with Gasteiger partial charge in [-0.05, 0) is 43.7 Å². The van der Waals surface area contributed by atoms with E-state index in [0.717, 1.165) is 19.9 Å². The molecule has 2 amide bonds. The minimum Gasteiger partial charge on any atom is -0.357 e. The number of aryl methyl sites for hydroxylation is 1. The molecule has 30 heavy (non-hydrogen) atoms. The van der Waals surface area contributed by atoms with Gasteiger partial charge < -0.3 is 10.2 Å². The van der Waals surface area contributed by atoms with Crippen LogP contribution in [0.2, 0.25) is 0 Å². The third-order valence-electron chi connectivity index (χ3n) is 4.77. The third kappa shape index (κ3) is 5.90. The molecular formula is C21H26BrN3O4S. The van der Waals surface area contributed by atoms with E-state index in [-0.39, 0.29) is 23.9 Å². The number of carbonyl (C=O) groups is 2. The average molecular weight is 496 g/mol. The first-order chi connectivity index (χ1) is 14.1. The number of hydrogen-bond acceptors (Lipinski definition) is 4. The van der Waals surface area contributed by atoms with Crippen molar-refractivity contribution < 1.29 is 18.0 Å². The minimum absolute atomic E-state index is 0.113. The van der Waals surface area contributed by atoms with Crippen LogP contribution in [0, 0.1) is 6.92 Å². The Hall–Kier alpha value is -2.23. The predicted molar refractivity (Wildman–Crippen MR) is 119 cm³/mol. The zero-order valence-electron chi connectivity index (χ0n) is 17.4. The Morgan fingerprint density at radius 3 is 2.17 bits per heavy atom. The Balaban J connectivity index is 2.24. The Morgan fingerprint density at radius 2 is 1.63 bits per heavy atom. The van der Waals surface area contributed by atoms with Gasteiger partial charge in [-0.1, -0.05) is 45.8 Å². The maximum absolute atomic E-state index is 13.0.